The lowest BCUT2D eigenvalue weighted by molar-refractivity contribution is -0.147. The average molecular weight is 604 g/mol. The molecule has 0 aliphatic rings. The molecule has 0 aliphatic heterocycles. The highest BCUT2D eigenvalue weighted by Crippen LogP contribution is 2.41. The lowest BCUT2D eigenvalue weighted by atomic mass is 10.0. The summed E-state index contributed by atoms with van der Waals surface area (Å²) >= 11 is 0. The first-order valence-electron chi connectivity index (χ1n) is 14.4. The van der Waals surface area contributed by atoms with Crippen LogP contribution in [-0.2, 0) is 28.7 Å². The smallest absolute Gasteiger partial charge is 0.308 e. The van der Waals surface area contributed by atoms with Crippen molar-refractivity contribution in [3.8, 4) is 0 Å². The van der Waals surface area contributed by atoms with Crippen LogP contribution in [-0.4, -0.2) is 83.1 Å². The minimum Gasteiger partial charge on any atom is -0.464 e. The fourth-order valence-electron chi connectivity index (χ4n) is 3.38. The van der Waals surface area contributed by atoms with Crippen LogP contribution in [0.15, 0.2) is 0 Å². The van der Waals surface area contributed by atoms with E-state index in [-0.39, 0.29) is 58.2 Å². The molecule has 40 heavy (non-hydrogen) atoms. The van der Waals surface area contributed by atoms with Crippen LogP contribution in [0.4, 0.5) is 0 Å². The highest BCUT2D eigenvalue weighted by Gasteiger charge is 2.23. The van der Waals surface area contributed by atoms with Crippen LogP contribution in [0.25, 0.3) is 0 Å². The van der Waals surface area contributed by atoms with Crippen LogP contribution < -0.4 is 10.6 Å². The minimum atomic E-state index is -0.598. The van der Waals surface area contributed by atoms with Gasteiger partial charge < -0.3 is 20.3 Å². The summed E-state index contributed by atoms with van der Waals surface area (Å²) in [6, 6.07) is -0.233. The molecule has 0 heterocycles. The summed E-state index contributed by atoms with van der Waals surface area (Å²) in [5.41, 5.74) is 0. The number of rotatable bonds is 22. The second kappa shape index (κ2) is 20.3. The van der Waals surface area contributed by atoms with Gasteiger partial charge in [-0.1, -0.05) is 49.3 Å². The maximum atomic E-state index is 12.4. The highest BCUT2D eigenvalue weighted by molar-refractivity contribution is 8.77. The minimum absolute atomic E-state index is 0.0341. The van der Waals surface area contributed by atoms with Crippen LogP contribution in [0.1, 0.15) is 100 Å². The van der Waals surface area contributed by atoms with Gasteiger partial charge in [-0.3, -0.25) is 24.0 Å². The summed E-state index contributed by atoms with van der Waals surface area (Å²) in [6.07, 6.45) is 3.17. The monoisotopic (exact) mass is 603 g/mol. The number of likely N-dealkylation sites (N-methyl/N-ethyl adjacent to an activating group) is 1. The van der Waals surface area contributed by atoms with E-state index < -0.39 is 6.04 Å². The molecule has 0 aromatic carbocycles. The van der Waals surface area contributed by atoms with Crippen LogP contribution >= 0.6 is 21.6 Å². The Morgan fingerprint density at radius 3 is 2.15 bits per heavy atom. The third kappa shape index (κ3) is 19.5. The first kappa shape index (κ1) is 38.4. The number of hydrogen-bond acceptors (Lipinski definition) is 9. The Hall–Kier alpha value is -1.59. The van der Waals surface area contributed by atoms with E-state index in [4.69, 9.17) is 4.74 Å². The van der Waals surface area contributed by atoms with Gasteiger partial charge in [0.2, 0.25) is 11.8 Å². The normalized spacial score (nSPS) is 13.2. The molecular formula is C29H53N3O6S2. The Morgan fingerprint density at radius 2 is 1.55 bits per heavy atom. The number of amides is 2. The standard InChI is InChI=1S/C29H53N3O6S2/c1-20(2)28(37)38-19-22(5)39-40-29(7,8)16-15-24(33)12-10-14-27(36)32(9)18-26(35)31-23(6)25(34)13-11-17-30-21(3)4/h20-23,30H,10-19H2,1-9H3,(H,31,35)/t22?,23-/m0/s1. The number of carbonyl (C=O) groups excluding carboxylic acids is 5. The van der Waals surface area contributed by atoms with E-state index in [9.17, 15) is 24.0 Å². The summed E-state index contributed by atoms with van der Waals surface area (Å²) in [4.78, 5) is 62.3. The number of esters is 1. The first-order chi connectivity index (χ1) is 18.5. The van der Waals surface area contributed by atoms with Gasteiger partial charge in [0.15, 0.2) is 5.78 Å². The quantitative estimate of drug-likeness (QED) is 0.104. The Kier molecular flexibility index (Phi) is 19.5. The molecule has 0 fully saturated rings. The van der Waals surface area contributed by atoms with Gasteiger partial charge in [-0.25, -0.2) is 0 Å². The predicted molar refractivity (Wildman–Crippen MR) is 165 cm³/mol. The van der Waals surface area contributed by atoms with E-state index in [1.807, 2.05) is 34.6 Å². The largest absolute Gasteiger partial charge is 0.464 e. The van der Waals surface area contributed by atoms with E-state index in [0.29, 0.717) is 51.2 Å². The van der Waals surface area contributed by atoms with Crippen LogP contribution in [0, 0.1) is 5.92 Å². The lowest BCUT2D eigenvalue weighted by Gasteiger charge is -2.24. The summed E-state index contributed by atoms with van der Waals surface area (Å²) in [6.45, 7) is 16.5. The molecule has 0 radical (unpaired) electrons. The van der Waals surface area contributed by atoms with Crippen molar-refractivity contribution in [2.45, 2.75) is 122 Å². The molecule has 9 nitrogen and oxygen atoms in total. The van der Waals surface area contributed by atoms with Crippen molar-refractivity contribution in [2.75, 3.05) is 26.7 Å². The van der Waals surface area contributed by atoms with E-state index in [1.54, 1.807) is 35.6 Å². The second-order valence-corrected chi connectivity index (χ2v) is 15.0. The molecule has 0 spiro atoms. The van der Waals surface area contributed by atoms with Gasteiger partial charge in [0.25, 0.3) is 0 Å². The Balaban J connectivity index is 4.21. The van der Waals surface area contributed by atoms with Crippen molar-refractivity contribution in [1.29, 1.82) is 0 Å². The molecule has 2 N–H and O–H groups in total. The Morgan fingerprint density at radius 1 is 0.900 bits per heavy atom. The van der Waals surface area contributed by atoms with Crippen LogP contribution in [0.2, 0.25) is 0 Å². The maximum absolute atomic E-state index is 12.4. The van der Waals surface area contributed by atoms with E-state index >= 15 is 0 Å². The molecule has 0 saturated carbocycles. The van der Waals surface area contributed by atoms with Gasteiger partial charge >= 0.3 is 5.97 Å². The highest BCUT2D eigenvalue weighted by atomic mass is 33.1. The van der Waals surface area contributed by atoms with Crippen LogP contribution in [0.5, 0.6) is 0 Å². The van der Waals surface area contributed by atoms with Crippen molar-refractivity contribution in [2.24, 2.45) is 5.92 Å². The maximum Gasteiger partial charge on any atom is 0.308 e. The summed E-state index contributed by atoms with van der Waals surface area (Å²) < 4.78 is 5.16. The molecule has 2 amide bonds. The zero-order valence-electron chi connectivity index (χ0n) is 26.1. The molecule has 0 aliphatic carbocycles. The Labute approximate surface area is 249 Å². The zero-order chi connectivity index (χ0) is 30.9. The SMILES string of the molecule is CC(C)NCCCC(=O)[C@H](C)NC(=O)CN(C)C(=O)CCCC(=O)CCC(C)(C)SSC(C)COC(=O)C(C)C. The van der Waals surface area contributed by atoms with Crippen molar-refractivity contribution >= 4 is 50.9 Å². The van der Waals surface area contributed by atoms with Gasteiger partial charge in [0, 0.05) is 48.8 Å². The molecule has 0 aromatic heterocycles. The first-order valence-corrected chi connectivity index (χ1v) is 16.6. The molecular weight excluding hydrogens is 550 g/mol. The van der Waals surface area contributed by atoms with E-state index in [2.05, 4.69) is 24.5 Å². The number of hydrogen-bond donors (Lipinski definition) is 2. The van der Waals surface area contributed by atoms with Crippen LogP contribution in [0.3, 0.4) is 0 Å². The number of nitrogens with one attached hydrogen (secondary N) is 2. The predicted octanol–water partition coefficient (Wildman–Crippen LogP) is 4.56. The Bertz CT molecular complexity index is 820. The van der Waals surface area contributed by atoms with Crippen molar-refractivity contribution in [3.05, 3.63) is 0 Å². The number of carbonyl (C=O) groups is 5. The van der Waals surface area contributed by atoms with E-state index in [0.717, 1.165) is 6.54 Å². The van der Waals surface area contributed by atoms with E-state index in [1.165, 1.54) is 4.90 Å². The molecule has 11 heteroatoms. The number of ketones is 2. The number of Topliss-reactive ketones (excluding diaryl/α,β-unsaturated/α-hetero) is 2. The van der Waals surface area contributed by atoms with Gasteiger partial charge in [-0.2, -0.15) is 0 Å². The molecule has 0 aromatic rings. The fourth-order valence-corrected chi connectivity index (χ4v) is 5.81. The van der Waals surface area contributed by atoms with Gasteiger partial charge in [-0.05, 0) is 53.5 Å². The van der Waals surface area contributed by atoms with Crippen molar-refractivity contribution < 1.29 is 28.7 Å². The molecule has 1 unspecified atom stereocenters. The summed E-state index contributed by atoms with van der Waals surface area (Å²) in [5.74, 6) is -0.840. The third-order valence-corrected chi connectivity index (χ3v) is 9.89. The average Bonchev–Trinajstić information content (AvgIpc) is 2.86. The number of ether oxygens (including phenoxy) is 1. The molecule has 232 valence electrons. The summed E-state index contributed by atoms with van der Waals surface area (Å²) in [5, 5.41) is 6.07. The zero-order valence-corrected chi connectivity index (χ0v) is 27.7. The van der Waals surface area contributed by atoms with Gasteiger partial charge in [0.05, 0.1) is 18.5 Å². The third-order valence-electron chi connectivity index (χ3n) is 6.04. The molecule has 0 saturated heterocycles. The fraction of sp³-hybridized carbons (Fsp3) is 0.828. The molecule has 0 rings (SSSR count). The van der Waals surface area contributed by atoms with Gasteiger partial charge in [0.1, 0.15) is 12.4 Å². The summed E-state index contributed by atoms with van der Waals surface area (Å²) in [7, 11) is 4.89. The number of nitrogens with zero attached hydrogens (tertiary/aromatic N) is 1. The second-order valence-electron chi connectivity index (χ2n) is 11.6. The van der Waals surface area contributed by atoms with Gasteiger partial charge in [-0.15, -0.1) is 0 Å². The molecule has 2 atom stereocenters. The molecule has 0 bridgehead atoms. The topological polar surface area (TPSA) is 122 Å². The van der Waals surface area contributed by atoms with Crippen molar-refractivity contribution in [1.82, 2.24) is 15.5 Å². The van der Waals surface area contributed by atoms with Crippen molar-refractivity contribution in [3.63, 3.8) is 0 Å². The lowest BCUT2D eigenvalue weighted by Crippen LogP contribution is -2.44.